The zero-order chi connectivity index (χ0) is 13.9. The molecule has 1 heterocycles. The lowest BCUT2D eigenvalue weighted by Crippen LogP contribution is -2.57. The minimum Gasteiger partial charge on any atom is -0.480 e. The molecule has 0 spiro atoms. The second kappa shape index (κ2) is 5.88. The van der Waals surface area contributed by atoms with Gasteiger partial charge in [-0.1, -0.05) is 6.92 Å². The summed E-state index contributed by atoms with van der Waals surface area (Å²) in [5.74, 6) is -0.908. The molecule has 1 fully saturated rings. The Hall–Kier alpha value is -0.820. The SMILES string of the molecule is CCC(C(=O)O)N1CCN(CC(F)(F)F)C(C)C1. The molecule has 1 rings (SSSR count). The van der Waals surface area contributed by atoms with Gasteiger partial charge in [-0.05, 0) is 13.3 Å². The third-order valence-electron chi connectivity index (χ3n) is 3.29. The van der Waals surface area contributed by atoms with E-state index in [-0.39, 0.29) is 12.6 Å². The number of rotatable bonds is 4. The fourth-order valence-corrected chi connectivity index (χ4v) is 2.36. The van der Waals surface area contributed by atoms with Crippen LogP contribution in [-0.2, 0) is 4.79 Å². The molecule has 0 radical (unpaired) electrons. The van der Waals surface area contributed by atoms with E-state index < -0.39 is 24.7 Å². The monoisotopic (exact) mass is 268 g/mol. The Morgan fingerprint density at radius 3 is 2.44 bits per heavy atom. The summed E-state index contributed by atoms with van der Waals surface area (Å²) in [4.78, 5) is 14.1. The van der Waals surface area contributed by atoms with Crippen LogP contribution in [0.5, 0.6) is 0 Å². The number of nitrogens with zero attached hydrogens (tertiary/aromatic N) is 2. The van der Waals surface area contributed by atoms with Gasteiger partial charge in [-0.15, -0.1) is 0 Å². The molecule has 0 aromatic heterocycles. The first-order valence-corrected chi connectivity index (χ1v) is 6.02. The van der Waals surface area contributed by atoms with Crippen molar-refractivity contribution >= 4 is 5.97 Å². The standard InChI is InChI=1S/C11H19F3N2O2/c1-3-9(10(17)18)15-4-5-16(8(2)6-15)7-11(12,13)14/h8-9H,3-7H2,1-2H3,(H,17,18). The van der Waals surface area contributed by atoms with E-state index in [9.17, 15) is 18.0 Å². The van der Waals surface area contributed by atoms with E-state index in [1.807, 2.05) is 0 Å². The van der Waals surface area contributed by atoms with Crippen LogP contribution in [0, 0.1) is 0 Å². The van der Waals surface area contributed by atoms with E-state index in [1.54, 1.807) is 18.7 Å². The zero-order valence-electron chi connectivity index (χ0n) is 10.6. The van der Waals surface area contributed by atoms with Crippen molar-refractivity contribution in [3.63, 3.8) is 0 Å². The number of hydrogen-bond donors (Lipinski definition) is 1. The molecular formula is C11H19F3N2O2. The van der Waals surface area contributed by atoms with Crippen molar-refractivity contribution in [1.29, 1.82) is 0 Å². The number of aliphatic carboxylic acids is 1. The molecule has 0 amide bonds. The highest BCUT2D eigenvalue weighted by Crippen LogP contribution is 2.21. The number of hydrogen-bond acceptors (Lipinski definition) is 3. The molecule has 18 heavy (non-hydrogen) atoms. The molecule has 4 nitrogen and oxygen atoms in total. The van der Waals surface area contributed by atoms with Crippen LogP contribution >= 0.6 is 0 Å². The maximum absolute atomic E-state index is 12.3. The Morgan fingerprint density at radius 1 is 1.44 bits per heavy atom. The van der Waals surface area contributed by atoms with Crippen LogP contribution in [0.15, 0.2) is 0 Å². The Labute approximate surface area is 104 Å². The van der Waals surface area contributed by atoms with Crippen molar-refractivity contribution in [2.24, 2.45) is 0 Å². The van der Waals surface area contributed by atoms with Gasteiger partial charge in [-0.25, -0.2) is 0 Å². The molecule has 2 atom stereocenters. The maximum atomic E-state index is 12.3. The molecule has 106 valence electrons. The molecule has 1 aliphatic rings. The van der Waals surface area contributed by atoms with Crippen molar-refractivity contribution in [2.75, 3.05) is 26.2 Å². The lowest BCUT2D eigenvalue weighted by molar-refractivity contribution is -0.159. The van der Waals surface area contributed by atoms with Gasteiger partial charge in [0.05, 0.1) is 6.54 Å². The minimum atomic E-state index is -4.20. The molecule has 0 aliphatic carbocycles. The second-order valence-electron chi connectivity index (χ2n) is 4.69. The largest absolute Gasteiger partial charge is 0.480 e. The molecular weight excluding hydrogens is 249 g/mol. The van der Waals surface area contributed by atoms with Crippen LogP contribution < -0.4 is 0 Å². The van der Waals surface area contributed by atoms with E-state index >= 15 is 0 Å². The number of alkyl halides is 3. The molecule has 1 saturated heterocycles. The molecule has 7 heteroatoms. The fourth-order valence-electron chi connectivity index (χ4n) is 2.36. The van der Waals surface area contributed by atoms with Crippen LogP contribution in [0.2, 0.25) is 0 Å². The third-order valence-corrected chi connectivity index (χ3v) is 3.29. The average Bonchev–Trinajstić information content (AvgIpc) is 2.20. The van der Waals surface area contributed by atoms with Gasteiger partial charge < -0.3 is 5.11 Å². The Kier molecular flexibility index (Phi) is 4.98. The number of halogens is 3. The van der Waals surface area contributed by atoms with Gasteiger partial charge in [-0.3, -0.25) is 14.6 Å². The number of carboxylic acids is 1. The van der Waals surface area contributed by atoms with E-state index in [0.29, 0.717) is 19.5 Å². The highest BCUT2D eigenvalue weighted by molar-refractivity contribution is 5.73. The van der Waals surface area contributed by atoms with Crippen molar-refractivity contribution in [1.82, 2.24) is 9.80 Å². The summed E-state index contributed by atoms with van der Waals surface area (Å²) in [5, 5.41) is 9.03. The normalized spacial score (nSPS) is 25.1. The van der Waals surface area contributed by atoms with Gasteiger partial charge >= 0.3 is 12.1 Å². The topological polar surface area (TPSA) is 43.8 Å². The summed E-state index contributed by atoms with van der Waals surface area (Å²) in [7, 11) is 0. The zero-order valence-corrected chi connectivity index (χ0v) is 10.6. The smallest absolute Gasteiger partial charge is 0.401 e. The van der Waals surface area contributed by atoms with Gasteiger partial charge in [0.1, 0.15) is 6.04 Å². The molecule has 0 aromatic carbocycles. The second-order valence-corrected chi connectivity index (χ2v) is 4.69. The molecule has 0 aromatic rings. The Morgan fingerprint density at radius 2 is 2.06 bits per heavy atom. The first kappa shape index (κ1) is 15.2. The predicted molar refractivity (Wildman–Crippen MR) is 60.4 cm³/mol. The van der Waals surface area contributed by atoms with E-state index in [2.05, 4.69) is 0 Å². The lowest BCUT2D eigenvalue weighted by Gasteiger charge is -2.42. The fraction of sp³-hybridized carbons (Fsp3) is 0.909. The quantitative estimate of drug-likeness (QED) is 0.837. The van der Waals surface area contributed by atoms with E-state index in [4.69, 9.17) is 5.11 Å². The predicted octanol–water partition coefficient (Wildman–Crippen LogP) is 1.42. The van der Waals surface area contributed by atoms with Crippen LogP contribution in [0.1, 0.15) is 20.3 Å². The van der Waals surface area contributed by atoms with Crippen LogP contribution in [0.4, 0.5) is 13.2 Å². The first-order valence-electron chi connectivity index (χ1n) is 6.02. The van der Waals surface area contributed by atoms with E-state index in [0.717, 1.165) is 0 Å². The molecule has 0 bridgehead atoms. The molecule has 0 saturated carbocycles. The summed E-state index contributed by atoms with van der Waals surface area (Å²) >= 11 is 0. The average molecular weight is 268 g/mol. The van der Waals surface area contributed by atoms with Crippen molar-refractivity contribution in [2.45, 2.75) is 38.5 Å². The summed E-state index contributed by atoms with van der Waals surface area (Å²) in [6.07, 6.45) is -3.74. The highest BCUT2D eigenvalue weighted by atomic mass is 19.4. The van der Waals surface area contributed by atoms with Crippen molar-refractivity contribution in [3.8, 4) is 0 Å². The number of piperazine rings is 1. The molecule has 2 unspecified atom stereocenters. The molecule has 1 N–H and O–H groups in total. The van der Waals surface area contributed by atoms with Crippen LogP contribution in [0.3, 0.4) is 0 Å². The Bertz CT molecular complexity index is 297. The number of carboxylic acid groups (broad SMARTS) is 1. The van der Waals surface area contributed by atoms with Crippen molar-refractivity contribution in [3.05, 3.63) is 0 Å². The third kappa shape index (κ3) is 4.13. The highest BCUT2D eigenvalue weighted by Gasteiger charge is 2.37. The van der Waals surface area contributed by atoms with Crippen LogP contribution in [-0.4, -0.2) is 65.3 Å². The summed E-state index contributed by atoms with van der Waals surface area (Å²) in [6.45, 7) is 3.53. The molecule has 1 aliphatic heterocycles. The summed E-state index contributed by atoms with van der Waals surface area (Å²) in [5.41, 5.74) is 0. The summed E-state index contributed by atoms with van der Waals surface area (Å²) < 4.78 is 36.9. The van der Waals surface area contributed by atoms with Gasteiger partial charge in [0.2, 0.25) is 0 Å². The van der Waals surface area contributed by atoms with Gasteiger partial charge in [0, 0.05) is 25.7 Å². The first-order chi connectivity index (χ1) is 8.24. The van der Waals surface area contributed by atoms with Crippen LogP contribution in [0.25, 0.3) is 0 Å². The maximum Gasteiger partial charge on any atom is 0.401 e. The summed E-state index contributed by atoms with van der Waals surface area (Å²) in [6, 6.07) is -0.880. The van der Waals surface area contributed by atoms with E-state index in [1.165, 1.54) is 4.90 Å². The van der Waals surface area contributed by atoms with Gasteiger partial charge in [0.15, 0.2) is 0 Å². The van der Waals surface area contributed by atoms with Gasteiger partial charge in [-0.2, -0.15) is 13.2 Å². The number of carbonyl (C=O) groups is 1. The Balaban J connectivity index is 2.57. The lowest BCUT2D eigenvalue weighted by atomic mass is 10.1. The van der Waals surface area contributed by atoms with Gasteiger partial charge in [0.25, 0.3) is 0 Å². The minimum absolute atomic E-state index is 0.254. The van der Waals surface area contributed by atoms with Crippen molar-refractivity contribution < 1.29 is 23.1 Å².